The van der Waals surface area contributed by atoms with Crippen molar-refractivity contribution in [3.05, 3.63) is 59.1 Å². The third-order valence-corrected chi connectivity index (χ3v) is 5.63. The van der Waals surface area contributed by atoms with Crippen LogP contribution < -0.4 is 10.1 Å². The van der Waals surface area contributed by atoms with Gasteiger partial charge in [0.1, 0.15) is 11.8 Å². The molecular weight excluding hydrogens is 408 g/mol. The molecule has 0 aliphatic carbocycles. The predicted octanol–water partition coefficient (Wildman–Crippen LogP) is 4.38. The molecule has 0 saturated carbocycles. The van der Waals surface area contributed by atoms with E-state index in [9.17, 15) is 9.59 Å². The van der Waals surface area contributed by atoms with Crippen molar-refractivity contribution in [2.45, 2.75) is 37.8 Å². The van der Waals surface area contributed by atoms with Gasteiger partial charge >= 0.3 is 0 Å². The van der Waals surface area contributed by atoms with Gasteiger partial charge in [0.15, 0.2) is 0 Å². The second kappa shape index (κ2) is 11.7. The van der Waals surface area contributed by atoms with Crippen molar-refractivity contribution in [1.82, 2.24) is 10.2 Å². The van der Waals surface area contributed by atoms with Crippen LogP contribution in [0.1, 0.15) is 25.8 Å². The molecule has 0 aliphatic rings. The van der Waals surface area contributed by atoms with E-state index >= 15 is 0 Å². The molecule has 0 heterocycles. The highest BCUT2D eigenvalue weighted by Crippen LogP contribution is 2.22. The van der Waals surface area contributed by atoms with E-state index in [0.717, 1.165) is 16.9 Å². The summed E-state index contributed by atoms with van der Waals surface area (Å²) in [6.07, 6.45) is 0.842. The molecule has 7 heteroatoms. The fourth-order valence-electron chi connectivity index (χ4n) is 2.70. The zero-order chi connectivity index (χ0) is 21.2. The van der Waals surface area contributed by atoms with E-state index in [0.29, 0.717) is 23.9 Å². The smallest absolute Gasteiger partial charge is 0.242 e. The van der Waals surface area contributed by atoms with E-state index in [1.165, 1.54) is 11.8 Å². The summed E-state index contributed by atoms with van der Waals surface area (Å²) in [5.74, 6) is 0.691. The van der Waals surface area contributed by atoms with E-state index in [1.807, 2.05) is 43.3 Å². The van der Waals surface area contributed by atoms with E-state index in [2.05, 4.69) is 5.32 Å². The van der Waals surface area contributed by atoms with Gasteiger partial charge < -0.3 is 15.0 Å². The molecule has 0 aromatic heterocycles. The maximum atomic E-state index is 13.0. The number of amides is 2. The minimum atomic E-state index is -0.578. The summed E-state index contributed by atoms with van der Waals surface area (Å²) in [7, 11) is 1.60. The van der Waals surface area contributed by atoms with Gasteiger partial charge in [0.25, 0.3) is 0 Å². The highest BCUT2D eigenvalue weighted by molar-refractivity contribution is 8.00. The van der Waals surface area contributed by atoms with Gasteiger partial charge in [0.05, 0.1) is 12.9 Å². The normalized spacial score (nSPS) is 11.6. The highest BCUT2D eigenvalue weighted by atomic mass is 35.5. The molecule has 0 saturated heterocycles. The molecule has 0 unspecified atom stereocenters. The molecule has 0 fully saturated rings. The molecular formula is C22H27ClN2O3S. The Balaban J connectivity index is 2.14. The molecule has 29 heavy (non-hydrogen) atoms. The largest absolute Gasteiger partial charge is 0.497 e. The number of halogens is 1. The molecule has 2 aromatic rings. The Morgan fingerprint density at radius 3 is 2.59 bits per heavy atom. The van der Waals surface area contributed by atoms with Crippen LogP contribution >= 0.6 is 23.4 Å². The van der Waals surface area contributed by atoms with Crippen LogP contribution in [0.15, 0.2) is 53.4 Å². The molecule has 1 N–H and O–H groups in total. The van der Waals surface area contributed by atoms with Crippen LogP contribution in [0.5, 0.6) is 5.75 Å². The number of carbonyl (C=O) groups is 2. The SMILES string of the molecule is CCCNC(=O)[C@H](C)N(Cc1cccc(OC)c1)C(=O)CSc1ccc(Cl)cc1. The summed E-state index contributed by atoms with van der Waals surface area (Å²) in [6.45, 7) is 4.67. The fourth-order valence-corrected chi connectivity index (χ4v) is 3.62. The average molecular weight is 435 g/mol. The van der Waals surface area contributed by atoms with Crippen LogP contribution in [0.2, 0.25) is 5.02 Å². The topological polar surface area (TPSA) is 58.6 Å². The first-order valence-electron chi connectivity index (χ1n) is 9.53. The number of methoxy groups -OCH3 is 1. The molecule has 2 aromatic carbocycles. The predicted molar refractivity (Wildman–Crippen MR) is 118 cm³/mol. The summed E-state index contributed by atoms with van der Waals surface area (Å²) in [6, 6.07) is 14.3. The van der Waals surface area contributed by atoms with Gasteiger partial charge in [-0.25, -0.2) is 0 Å². The van der Waals surface area contributed by atoms with Crippen molar-refractivity contribution >= 4 is 35.2 Å². The number of hydrogen-bond donors (Lipinski definition) is 1. The lowest BCUT2D eigenvalue weighted by Gasteiger charge is -2.29. The molecule has 2 rings (SSSR count). The standard InChI is InChI=1S/C22H27ClN2O3S/c1-4-12-24-22(27)16(2)25(14-17-6-5-7-19(13-17)28-3)21(26)15-29-20-10-8-18(23)9-11-20/h5-11,13,16H,4,12,14-15H2,1-3H3,(H,24,27)/t16-/m0/s1. The van der Waals surface area contributed by atoms with Crippen molar-refractivity contribution in [3.8, 4) is 5.75 Å². The van der Waals surface area contributed by atoms with Crippen molar-refractivity contribution < 1.29 is 14.3 Å². The van der Waals surface area contributed by atoms with Gasteiger partial charge in [-0.15, -0.1) is 11.8 Å². The van der Waals surface area contributed by atoms with Gasteiger partial charge in [-0.1, -0.05) is 30.7 Å². The lowest BCUT2D eigenvalue weighted by atomic mass is 10.1. The monoisotopic (exact) mass is 434 g/mol. The van der Waals surface area contributed by atoms with E-state index in [-0.39, 0.29) is 17.6 Å². The van der Waals surface area contributed by atoms with Crippen LogP contribution in [0.4, 0.5) is 0 Å². The summed E-state index contributed by atoms with van der Waals surface area (Å²) in [5.41, 5.74) is 0.907. The Labute approximate surface area is 181 Å². The number of rotatable bonds is 10. The fraction of sp³-hybridized carbons (Fsp3) is 0.364. The lowest BCUT2D eigenvalue weighted by Crippen LogP contribution is -2.48. The Hall–Kier alpha value is -2.18. The van der Waals surface area contributed by atoms with Crippen molar-refractivity contribution in [3.63, 3.8) is 0 Å². The number of hydrogen-bond acceptors (Lipinski definition) is 4. The van der Waals surface area contributed by atoms with Gasteiger partial charge in [-0.05, 0) is 55.3 Å². The second-order valence-electron chi connectivity index (χ2n) is 6.58. The molecule has 156 valence electrons. The number of benzene rings is 2. The van der Waals surface area contributed by atoms with Crippen LogP contribution in [0, 0.1) is 0 Å². The summed E-state index contributed by atoms with van der Waals surface area (Å²) in [4.78, 5) is 28.1. The zero-order valence-electron chi connectivity index (χ0n) is 17.0. The molecule has 0 radical (unpaired) electrons. The van der Waals surface area contributed by atoms with Crippen molar-refractivity contribution in [2.24, 2.45) is 0 Å². The van der Waals surface area contributed by atoms with E-state index in [1.54, 1.807) is 31.1 Å². The Morgan fingerprint density at radius 2 is 1.93 bits per heavy atom. The Bertz CT molecular complexity index is 814. The van der Waals surface area contributed by atoms with Crippen LogP contribution in [-0.2, 0) is 16.1 Å². The lowest BCUT2D eigenvalue weighted by molar-refractivity contribution is -0.138. The van der Waals surface area contributed by atoms with Crippen molar-refractivity contribution in [2.75, 3.05) is 19.4 Å². The first-order valence-corrected chi connectivity index (χ1v) is 10.9. The van der Waals surface area contributed by atoms with Gasteiger partial charge in [-0.3, -0.25) is 9.59 Å². The number of ether oxygens (including phenoxy) is 1. The van der Waals surface area contributed by atoms with Gasteiger partial charge in [0, 0.05) is 23.0 Å². The number of nitrogens with one attached hydrogen (secondary N) is 1. The first-order chi connectivity index (χ1) is 13.9. The van der Waals surface area contributed by atoms with Gasteiger partial charge in [0.2, 0.25) is 11.8 Å². The molecule has 0 spiro atoms. The molecule has 0 aliphatic heterocycles. The minimum Gasteiger partial charge on any atom is -0.497 e. The summed E-state index contributed by atoms with van der Waals surface area (Å²) >= 11 is 7.34. The maximum Gasteiger partial charge on any atom is 0.242 e. The number of thioether (sulfide) groups is 1. The van der Waals surface area contributed by atoms with Crippen LogP contribution in [-0.4, -0.2) is 42.2 Å². The quantitative estimate of drug-likeness (QED) is 0.563. The Kier molecular flexibility index (Phi) is 9.35. The zero-order valence-corrected chi connectivity index (χ0v) is 18.6. The average Bonchev–Trinajstić information content (AvgIpc) is 2.74. The summed E-state index contributed by atoms with van der Waals surface area (Å²) < 4.78 is 5.28. The molecule has 5 nitrogen and oxygen atoms in total. The Morgan fingerprint density at radius 1 is 1.21 bits per heavy atom. The van der Waals surface area contributed by atoms with E-state index < -0.39 is 6.04 Å². The molecule has 1 atom stereocenters. The number of carbonyl (C=O) groups excluding carboxylic acids is 2. The minimum absolute atomic E-state index is 0.105. The van der Waals surface area contributed by atoms with Gasteiger partial charge in [-0.2, -0.15) is 0 Å². The first kappa shape index (κ1) is 23.1. The third kappa shape index (κ3) is 7.29. The van der Waals surface area contributed by atoms with Crippen LogP contribution in [0.25, 0.3) is 0 Å². The third-order valence-electron chi connectivity index (χ3n) is 4.38. The second-order valence-corrected chi connectivity index (χ2v) is 8.07. The number of nitrogens with zero attached hydrogens (tertiary/aromatic N) is 1. The highest BCUT2D eigenvalue weighted by Gasteiger charge is 2.26. The maximum absolute atomic E-state index is 13.0. The summed E-state index contributed by atoms with van der Waals surface area (Å²) in [5, 5.41) is 3.53. The molecule has 2 amide bonds. The van der Waals surface area contributed by atoms with Crippen LogP contribution in [0.3, 0.4) is 0 Å². The van der Waals surface area contributed by atoms with Crippen molar-refractivity contribution in [1.29, 1.82) is 0 Å². The van der Waals surface area contributed by atoms with E-state index in [4.69, 9.17) is 16.3 Å². The molecule has 0 bridgehead atoms.